The number of unbranched alkanes of at least 4 members (excludes halogenated alkanes) is 1. The van der Waals surface area contributed by atoms with E-state index in [1.165, 1.54) is 5.56 Å². The minimum Gasteiger partial charge on any atom is -0.460 e. The van der Waals surface area contributed by atoms with Gasteiger partial charge in [-0.1, -0.05) is 24.3 Å². The number of benzene rings is 2. The average molecular weight is 340 g/mol. The van der Waals surface area contributed by atoms with Crippen LogP contribution in [0.3, 0.4) is 0 Å². The lowest BCUT2D eigenvalue weighted by Gasteiger charge is -2.19. The predicted molar refractivity (Wildman–Crippen MR) is 96.5 cm³/mol. The summed E-state index contributed by atoms with van der Waals surface area (Å²) in [6.45, 7) is 5.68. The van der Waals surface area contributed by atoms with Crippen LogP contribution in [0.5, 0.6) is 11.5 Å². The number of ether oxygens (including phenoxy) is 1. The quantitative estimate of drug-likeness (QED) is 0.417. The number of hydrogen-bond donors (Lipinski definition) is 0. The largest absolute Gasteiger partial charge is 0.460 e. The summed E-state index contributed by atoms with van der Waals surface area (Å²) in [6.07, 6.45) is 3.18. The highest BCUT2D eigenvalue weighted by atomic mass is 17.2. The highest BCUT2D eigenvalue weighted by Gasteiger charge is 2.17. The third-order valence-electron chi connectivity index (χ3n) is 3.94. The Kier molecular flexibility index (Phi) is 4.98. The van der Waals surface area contributed by atoms with Crippen LogP contribution < -0.4 is 9.78 Å². The summed E-state index contributed by atoms with van der Waals surface area (Å²) in [5, 5.41) is 0. The molecule has 0 aromatic heterocycles. The molecule has 0 atom stereocenters. The van der Waals surface area contributed by atoms with Crippen molar-refractivity contribution in [2.24, 2.45) is 0 Å². The lowest BCUT2D eigenvalue weighted by molar-refractivity contribution is -0.154. The van der Waals surface area contributed by atoms with Gasteiger partial charge < -0.3 is 4.74 Å². The molecule has 0 fully saturated rings. The fraction of sp³-hybridized carbons (Fsp3) is 0.381. The molecule has 0 saturated carbocycles. The van der Waals surface area contributed by atoms with Gasteiger partial charge in [0.25, 0.3) is 0 Å². The van der Waals surface area contributed by atoms with E-state index in [1.807, 2.05) is 39.0 Å². The molecule has 4 heteroatoms. The second kappa shape index (κ2) is 7.18. The maximum Gasteiger partial charge on any atom is 0.306 e. The molecule has 1 aliphatic rings. The van der Waals surface area contributed by atoms with Gasteiger partial charge in [-0.3, -0.25) is 14.6 Å². The SMILES string of the molecule is CC(C)(C)OC(=O)CCCCc1cccc(-c2ccc3cc2OO3)c1. The third kappa shape index (κ3) is 4.75. The number of fused-ring (bicyclic) bond motifs is 2. The van der Waals surface area contributed by atoms with Crippen molar-refractivity contribution in [3.63, 3.8) is 0 Å². The van der Waals surface area contributed by atoms with Crippen molar-refractivity contribution in [3.8, 4) is 22.6 Å². The lowest BCUT2D eigenvalue weighted by atomic mass is 9.99. The summed E-state index contributed by atoms with van der Waals surface area (Å²) in [4.78, 5) is 22.0. The van der Waals surface area contributed by atoms with Gasteiger partial charge in [0.2, 0.25) is 0 Å². The lowest BCUT2D eigenvalue weighted by Crippen LogP contribution is -2.23. The van der Waals surface area contributed by atoms with Crippen molar-refractivity contribution in [1.29, 1.82) is 0 Å². The summed E-state index contributed by atoms with van der Waals surface area (Å²) in [7, 11) is 0. The van der Waals surface area contributed by atoms with Crippen molar-refractivity contribution in [2.75, 3.05) is 0 Å². The maximum atomic E-state index is 11.7. The van der Waals surface area contributed by atoms with Crippen molar-refractivity contribution in [3.05, 3.63) is 48.0 Å². The number of carbonyl (C=O) groups excluding carboxylic acids is 1. The normalized spacial score (nSPS) is 12.4. The Morgan fingerprint density at radius 3 is 2.68 bits per heavy atom. The van der Waals surface area contributed by atoms with Crippen molar-refractivity contribution >= 4 is 5.97 Å². The minimum atomic E-state index is -0.409. The number of esters is 1. The van der Waals surface area contributed by atoms with Crippen molar-refractivity contribution < 1.29 is 19.3 Å². The van der Waals surface area contributed by atoms with Gasteiger partial charge in [-0.25, -0.2) is 0 Å². The Labute approximate surface area is 148 Å². The molecule has 0 saturated heterocycles. The Bertz CT molecular complexity index is 759. The molecule has 2 aromatic carbocycles. The van der Waals surface area contributed by atoms with Crippen LogP contribution >= 0.6 is 0 Å². The first-order chi connectivity index (χ1) is 11.9. The first-order valence-corrected chi connectivity index (χ1v) is 8.70. The molecule has 0 spiro atoms. The number of hydrogen-bond acceptors (Lipinski definition) is 4. The standard InChI is InChI=1S/C21H24O4/c1-21(2,3)23-20(22)10-5-4-7-15-8-6-9-16(13-15)18-12-11-17-14-19(18)25-24-17/h6,8-9,11-14H,4-5,7,10H2,1-3H3. The highest BCUT2D eigenvalue weighted by Crippen LogP contribution is 2.37. The van der Waals surface area contributed by atoms with E-state index in [9.17, 15) is 4.79 Å². The summed E-state index contributed by atoms with van der Waals surface area (Å²) in [5.74, 6) is 1.36. The van der Waals surface area contributed by atoms with E-state index < -0.39 is 5.60 Å². The second-order valence-electron chi connectivity index (χ2n) is 7.32. The molecule has 4 nitrogen and oxygen atoms in total. The Hall–Kier alpha value is -2.49. The molecule has 0 aliphatic carbocycles. The monoisotopic (exact) mass is 340 g/mol. The molecular weight excluding hydrogens is 316 g/mol. The Morgan fingerprint density at radius 2 is 1.88 bits per heavy atom. The predicted octanol–water partition coefficient (Wildman–Crippen LogP) is 5.09. The van der Waals surface area contributed by atoms with Gasteiger partial charge in [-0.2, -0.15) is 0 Å². The van der Waals surface area contributed by atoms with Gasteiger partial charge in [0.1, 0.15) is 5.60 Å². The molecule has 0 radical (unpaired) electrons. The van der Waals surface area contributed by atoms with Crippen LogP contribution in [0.2, 0.25) is 0 Å². The van der Waals surface area contributed by atoms with Gasteiger partial charge >= 0.3 is 5.97 Å². The number of carbonyl (C=O) groups is 1. The topological polar surface area (TPSA) is 44.8 Å². The molecule has 1 heterocycles. The van der Waals surface area contributed by atoms with Crippen LogP contribution in [0.4, 0.5) is 0 Å². The van der Waals surface area contributed by atoms with Crippen LogP contribution in [0, 0.1) is 0 Å². The highest BCUT2D eigenvalue weighted by molar-refractivity contribution is 5.72. The zero-order valence-electron chi connectivity index (χ0n) is 15.0. The summed E-state index contributed by atoms with van der Waals surface area (Å²) < 4.78 is 5.33. The van der Waals surface area contributed by atoms with E-state index >= 15 is 0 Å². The van der Waals surface area contributed by atoms with Crippen molar-refractivity contribution in [1.82, 2.24) is 0 Å². The average Bonchev–Trinajstić information content (AvgIpc) is 2.91. The van der Waals surface area contributed by atoms with E-state index in [2.05, 4.69) is 24.3 Å². The Balaban J connectivity index is 1.54. The first kappa shape index (κ1) is 17.3. The smallest absolute Gasteiger partial charge is 0.306 e. The molecule has 0 N–H and O–H groups in total. The van der Waals surface area contributed by atoms with Gasteiger partial charge in [0.15, 0.2) is 11.5 Å². The molecule has 2 aromatic rings. The zero-order chi connectivity index (χ0) is 17.9. The number of rotatable bonds is 6. The van der Waals surface area contributed by atoms with E-state index in [-0.39, 0.29) is 5.97 Å². The second-order valence-corrected chi connectivity index (χ2v) is 7.32. The summed E-state index contributed by atoms with van der Waals surface area (Å²) >= 11 is 0. The van der Waals surface area contributed by atoms with Crippen LogP contribution in [-0.4, -0.2) is 11.6 Å². The minimum absolute atomic E-state index is 0.124. The van der Waals surface area contributed by atoms with E-state index in [1.54, 1.807) is 0 Å². The van der Waals surface area contributed by atoms with Gasteiger partial charge in [-0.15, -0.1) is 0 Å². The van der Waals surface area contributed by atoms with E-state index in [0.29, 0.717) is 6.42 Å². The molecule has 132 valence electrons. The third-order valence-corrected chi connectivity index (χ3v) is 3.94. The van der Waals surface area contributed by atoms with Crippen LogP contribution in [0.1, 0.15) is 45.6 Å². The van der Waals surface area contributed by atoms with Gasteiger partial charge in [0.05, 0.1) is 0 Å². The molecule has 2 bridgehead atoms. The van der Waals surface area contributed by atoms with Crippen molar-refractivity contribution in [2.45, 2.75) is 52.1 Å². The van der Waals surface area contributed by atoms with Gasteiger partial charge in [-0.05, 0) is 63.3 Å². The molecule has 3 rings (SSSR count). The molecule has 0 unspecified atom stereocenters. The first-order valence-electron chi connectivity index (χ1n) is 8.70. The van der Waals surface area contributed by atoms with E-state index in [4.69, 9.17) is 14.5 Å². The van der Waals surface area contributed by atoms with E-state index in [0.717, 1.165) is 41.9 Å². The van der Waals surface area contributed by atoms with Crippen LogP contribution in [0.25, 0.3) is 11.1 Å². The van der Waals surface area contributed by atoms with Crippen LogP contribution in [0.15, 0.2) is 42.5 Å². The molecule has 0 amide bonds. The number of aryl methyl sites for hydroxylation is 1. The fourth-order valence-electron chi connectivity index (χ4n) is 2.84. The fourth-order valence-corrected chi connectivity index (χ4v) is 2.84. The molecule has 25 heavy (non-hydrogen) atoms. The molecular formula is C21H24O4. The molecule has 1 aliphatic heterocycles. The zero-order valence-corrected chi connectivity index (χ0v) is 15.0. The van der Waals surface area contributed by atoms with Gasteiger partial charge in [0, 0.05) is 18.1 Å². The van der Waals surface area contributed by atoms with Crippen LogP contribution in [-0.2, 0) is 16.0 Å². The summed E-state index contributed by atoms with van der Waals surface area (Å²) in [5.41, 5.74) is 2.97. The maximum absolute atomic E-state index is 11.7. The Morgan fingerprint density at radius 1 is 1.04 bits per heavy atom. The summed E-state index contributed by atoms with van der Waals surface area (Å²) in [6, 6.07) is 14.2.